The molecule has 0 aromatic rings. The van der Waals surface area contributed by atoms with Crippen molar-refractivity contribution in [3.8, 4) is 0 Å². The van der Waals surface area contributed by atoms with E-state index in [0.717, 1.165) is 0 Å². The largest absolute Gasteiger partial charge is 3.00 e. The van der Waals surface area contributed by atoms with Crippen molar-refractivity contribution in [2.75, 3.05) is 120 Å². The fourth-order valence-corrected chi connectivity index (χ4v) is 4.71. The molecule has 0 spiro atoms. The molecule has 1 radical (unpaired) electrons. The molecule has 1 aliphatic heterocycles. The number of nitrogens with zero attached hydrogens (tertiary/aromatic N) is 4. The zero-order chi connectivity index (χ0) is 29.9. The van der Waals surface area contributed by atoms with Crippen LogP contribution in [0.15, 0.2) is 0 Å². The minimum absolute atomic E-state index is 0. The second kappa shape index (κ2) is 24.1. The van der Waals surface area contributed by atoms with Gasteiger partial charge in [-0.15, -0.1) is 0 Å². The molecule has 1 fully saturated rings. The van der Waals surface area contributed by atoms with Crippen molar-refractivity contribution in [2.24, 2.45) is 0 Å². The van der Waals surface area contributed by atoms with Gasteiger partial charge in [0, 0.05) is 63.4 Å². The molecule has 41 heavy (non-hydrogen) atoms. The van der Waals surface area contributed by atoms with Crippen LogP contribution < -0.4 is 0 Å². The Morgan fingerprint density at radius 3 is 1.15 bits per heavy atom. The summed E-state index contributed by atoms with van der Waals surface area (Å²) in [4.78, 5) is 51.5. The Kier molecular flexibility index (Phi) is 24.0. The van der Waals surface area contributed by atoms with Gasteiger partial charge in [0.15, 0.2) is 0 Å². The number of hydrogen-bond acceptors (Lipinski definition) is 16. The summed E-state index contributed by atoms with van der Waals surface area (Å²) in [7, 11) is 5.27. The third kappa shape index (κ3) is 14.9. The summed E-state index contributed by atoms with van der Waals surface area (Å²) in [6.07, 6.45) is 0. The fourth-order valence-electron chi connectivity index (χ4n) is 4.71. The maximum Gasteiger partial charge on any atom is 3.00 e. The number of carbonyl (C=O) groups excluding carboxylic acids is 2. The van der Waals surface area contributed by atoms with Gasteiger partial charge in [0.2, 0.25) is 0 Å². The first-order valence-corrected chi connectivity index (χ1v) is 13.2. The van der Waals surface area contributed by atoms with Crippen molar-refractivity contribution in [1.29, 1.82) is 0 Å². The van der Waals surface area contributed by atoms with E-state index in [1.165, 1.54) is 28.4 Å². The van der Waals surface area contributed by atoms with Crippen LogP contribution in [0.2, 0.25) is 0 Å². The second-order valence-electron chi connectivity index (χ2n) is 9.32. The van der Waals surface area contributed by atoms with E-state index in [1.54, 1.807) is 9.80 Å². The molecule has 241 valence electrons. The molecule has 0 unspecified atom stereocenters. The topological polar surface area (TPSA) is 183 Å². The number of esters is 2. The van der Waals surface area contributed by atoms with E-state index in [1.807, 2.05) is 9.80 Å². The summed E-state index contributed by atoms with van der Waals surface area (Å²) in [6, 6.07) is -2.34. The van der Waals surface area contributed by atoms with Crippen molar-refractivity contribution < 1.29 is 99.0 Å². The van der Waals surface area contributed by atoms with E-state index >= 15 is 0 Å². The third-order valence-electron chi connectivity index (χ3n) is 6.97. The van der Waals surface area contributed by atoms with Crippen molar-refractivity contribution >= 4 is 11.9 Å². The van der Waals surface area contributed by atoms with Crippen LogP contribution in [-0.4, -0.2) is 197 Å². The van der Waals surface area contributed by atoms with Crippen molar-refractivity contribution in [2.45, 2.75) is 24.2 Å². The van der Waals surface area contributed by atoms with Crippen molar-refractivity contribution in [3.05, 3.63) is 0 Å². The molecule has 0 aromatic heterocycles. The molecule has 0 saturated carbocycles. The molecule has 1 heterocycles. The summed E-state index contributed by atoms with van der Waals surface area (Å²) >= 11 is 0. The number of aliphatic hydroxyl groups is 4. The van der Waals surface area contributed by atoms with Gasteiger partial charge < -0.3 is 29.9 Å². The van der Waals surface area contributed by atoms with Crippen LogP contribution >= 0.6 is 0 Å². The molecule has 17 heteroatoms. The van der Waals surface area contributed by atoms with Crippen LogP contribution in [0, 0.1) is 39.9 Å². The van der Waals surface area contributed by atoms with Crippen molar-refractivity contribution in [1.82, 2.24) is 19.6 Å². The minimum Gasteiger partial charge on any atom is -0.468 e. The van der Waals surface area contributed by atoms with Crippen LogP contribution in [0.25, 0.3) is 0 Å². The number of hydrogen-bond donors (Lipinski definition) is 4. The van der Waals surface area contributed by atoms with E-state index in [9.17, 15) is 30.0 Å². The smallest absolute Gasteiger partial charge is 0.468 e. The Hall–Kier alpha value is -0.215. The molecular formula is C24H48GdN4O12+3. The molecule has 1 rings (SSSR count). The van der Waals surface area contributed by atoms with Crippen LogP contribution in [0.1, 0.15) is 0 Å². The van der Waals surface area contributed by atoms with Gasteiger partial charge in [-0.1, -0.05) is 0 Å². The van der Waals surface area contributed by atoms with Crippen LogP contribution in [-0.2, 0) is 38.6 Å². The number of ether oxygens (including phenoxy) is 2. The van der Waals surface area contributed by atoms with Crippen LogP contribution in [0.4, 0.5) is 0 Å². The molecule has 0 amide bonds. The summed E-state index contributed by atoms with van der Waals surface area (Å²) in [5.41, 5.74) is 0. The zero-order valence-corrected chi connectivity index (χ0v) is 26.7. The molecule has 16 nitrogen and oxygen atoms in total. The van der Waals surface area contributed by atoms with Gasteiger partial charge >= 0.3 is 51.9 Å². The Labute approximate surface area is 273 Å². The van der Waals surface area contributed by atoms with Gasteiger partial charge in [-0.2, -0.15) is 0 Å². The number of rotatable bonds is 16. The normalized spacial score (nSPS) is 24.2. The molecule has 1 saturated heterocycles. The minimum atomic E-state index is -0.678. The monoisotopic (exact) mass is 742 g/mol. The molecule has 0 aromatic carbocycles. The Balaban J connectivity index is 0.0000160. The van der Waals surface area contributed by atoms with E-state index in [4.69, 9.17) is 29.0 Å². The predicted molar refractivity (Wildman–Crippen MR) is 140 cm³/mol. The molecular weight excluding hydrogens is 694 g/mol. The average molecular weight is 742 g/mol. The maximum atomic E-state index is 12.3. The number of carbonyl (C=O) groups is 2. The third-order valence-corrected chi connectivity index (χ3v) is 6.97. The van der Waals surface area contributed by atoms with Gasteiger partial charge in [-0.05, 0) is 0 Å². The van der Waals surface area contributed by atoms with E-state index in [2.05, 4.69) is 0 Å². The average Bonchev–Trinajstić information content (AvgIpc) is 2.96. The zero-order valence-electron chi connectivity index (χ0n) is 24.4. The Morgan fingerprint density at radius 2 is 0.878 bits per heavy atom. The van der Waals surface area contributed by atoms with Crippen LogP contribution in [0.3, 0.4) is 0 Å². The van der Waals surface area contributed by atoms with Gasteiger partial charge in [-0.25, -0.2) is 19.6 Å². The van der Waals surface area contributed by atoms with Crippen LogP contribution in [0.5, 0.6) is 0 Å². The van der Waals surface area contributed by atoms with E-state index in [-0.39, 0.29) is 119 Å². The summed E-state index contributed by atoms with van der Waals surface area (Å²) in [5, 5.41) is 41.7. The number of methoxy groups -OCH3 is 2. The SMILES string of the molecule is COOCCN1C[C@@H](CO)N(CC(=O)OC)C[C@@H](CO)N(CC(=O)OC)C[C@@H](CO)N(CCOOC)C[C@H]1CO.[Gd+3]. The van der Waals surface area contributed by atoms with Gasteiger partial charge in [0.25, 0.3) is 0 Å². The quantitative estimate of drug-likeness (QED) is 0.0522. The van der Waals surface area contributed by atoms with E-state index < -0.39 is 36.1 Å². The molecule has 1 aliphatic rings. The predicted octanol–water partition coefficient (Wildman–Crippen LogP) is -3.85. The van der Waals surface area contributed by atoms with Gasteiger partial charge in [0.1, 0.15) is 0 Å². The maximum absolute atomic E-state index is 12.3. The fraction of sp³-hybridized carbons (Fsp3) is 0.917. The molecule has 4 N–H and O–H groups in total. The van der Waals surface area contributed by atoms with Gasteiger partial charge in [0.05, 0.1) is 81.2 Å². The first-order valence-electron chi connectivity index (χ1n) is 13.2. The summed E-state index contributed by atoms with van der Waals surface area (Å²) in [5.74, 6) is -1.10. The molecule has 0 aliphatic carbocycles. The molecule has 4 atom stereocenters. The van der Waals surface area contributed by atoms with Crippen molar-refractivity contribution in [3.63, 3.8) is 0 Å². The van der Waals surface area contributed by atoms with E-state index in [0.29, 0.717) is 13.1 Å². The second-order valence-corrected chi connectivity index (χ2v) is 9.32. The standard InChI is InChI=1S/C24H48N4O12.Gd/c1-35-23(33)13-27-11-20(16-30)25(5-7-39-37-3)9-19(15-29)26(6-8-40-38-4)10-21(17-31)28(12-22(27)18-32)14-24(34)36-2;/h19-22,29-32H,5-18H2,1-4H3;/q;+3/t19-,20-,21-,22-;/m0./s1. The summed E-state index contributed by atoms with van der Waals surface area (Å²) < 4.78 is 9.75. The Bertz CT molecular complexity index is 677. The first kappa shape index (κ1) is 40.8. The molecule has 0 bridgehead atoms. The first-order chi connectivity index (χ1) is 19.3. The number of aliphatic hydroxyl groups excluding tert-OH is 4. The summed E-state index contributed by atoms with van der Waals surface area (Å²) in [6.45, 7) is -0.103. The Morgan fingerprint density at radius 1 is 0.585 bits per heavy atom. The van der Waals surface area contributed by atoms with Gasteiger partial charge in [-0.3, -0.25) is 29.2 Å².